The van der Waals surface area contributed by atoms with Crippen molar-refractivity contribution in [3.63, 3.8) is 0 Å². The number of rotatable bonds is 12. The highest BCUT2D eigenvalue weighted by molar-refractivity contribution is 9.10. The van der Waals surface area contributed by atoms with Crippen molar-refractivity contribution in [1.29, 1.82) is 0 Å². The first-order chi connectivity index (χ1) is 18.5. The standard InChI is InChI=1S/C30H36BrN3O4S/c1-5-28(30(36)32-22(2)3)33(19-18-24-10-7-6-8-11-24)29(35)21-34(26-13-9-12-25(31)20-26)39(37,38)27-16-14-23(4)15-17-27/h6-17,20,22,28H,5,18-19,21H2,1-4H3,(H,32,36)/t28-/m0/s1. The maximum Gasteiger partial charge on any atom is 0.264 e. The number of carbonyl (C=O) groups excluding carboxylic acids is 2. The third-order valence-corrected chi connectivity index (χ3v) is 8.57. The fourth-order valence-electron chi connectivity index (χ4n) is 4.27. The Morgan fingerprint density at radius 3 is 2.21 bits per heavy atom. The third kappa shape index (κ3) is 8.16. The Morgan fingerprint density at radius 2 is 1.62 bits per heavy atom. The lowest BCUT2D eigenvalue weighted by molar-refractivity contribution is -0.139. The van der Waals surface area contributed by atoms with Crippen molar-refractivity contribution in [2.75, 3.05) is 17.4 Å². The number of anilines is 1. The zero-order valence-electron chi connectivity index (χ0n) is 22.8. The highest BCUT2D eigenvalue weighted by Crippen LogP contribution is 2.27. The van der Waals surface area contributed by atoms with Crippen LogP contribution in [0.2, 0.25) is 0 Å². The number of hydrogen-bond acceptors (Lipinski definition) is 4. The van der Waals surface area contributed by atoms with Crippen LogP contribution in [0.5, 0.6) is 0 Å². The Kier molecular flexibility index (Phi) is 10.7. The van der Waals surface area contributed by atoms with Gasteiger partial charge < -0.3 is 10.2 Å². The molecule has 2 amide bonds. The zero-order valence-corrected chi connectivity index (χ0v) is 25.2. The Balaban J connectivity index is 2.01. The van der Waals surface area contributed by atoms with Gasteiger partial charge in [-0.05, 0) is 69.5 Å². The van der Waals surface area contributed by atoms with Gasteiger partial charge in [-0.2, -0.15) is 0 Å². The lowest BCUT2D eigenvalue weighted by Crippen LogP contribution is -2.54. The average Bonchev–Trinajstić information content (AvgIpc) is 2.89. The summed E-state index contributed by atoms with van der Waals surface area (Å²) in [5.41, 5.74) is 2.29. The monoisotopic (exact) mass is 613 g/mol. The van der Waals surface area contributed by atoms with E-state index in [1.807, 2.05) is 58.0 Å². The predicted octanol–water partition coefficient (Wildman–Crippen LogP) is 5.33. The molecule has 39 heavy (non-hydrogen) atoms. The van der Waals surface area contributed by atoms with Crippen LogP contribution in [0.1, 0.15) is 38.3 Å². The second-order valence-corrected chi connectivity index (χ2v) is 12.5. The van der Waals surface area contributed by atoms with E-state index in [1.165, 1.54) is 17.0 Å². The first-order valence-corrected chi connectivity index (χ1v) is 15.2. The first-order valence-electron chi connectivity index (χ1n) is 13.0. The molecule has 3 aromatic carbocycles. The first kappa shape index (κ1) is 30.4. The summed E-state index contributed by atoms with van der Waals surface area (Å²) in [6, 6.07) is 22.2. The molecule has 3 rings (SSSR count). The fraction of sp³-hybridized carbons (Fsp3) is 0.333. The van der Waals surface area contributed by atoms with Crippen molar-refractivity contribution in [2.45, 2.75) is 57.5 Å². The third-order valence-electron chi connectivity index (χ3n) is 6.29. The van der Waals surface area contributed by atoms with Gasteiger partial charge in [-0.15, -0.1) is 0 Å². The Hall–Kier alpha value is -3.17. The number of benzene rings is 3. The molecule has 0 heterocycles. The zero-order chi connectivity index (χ0) is 28.6. The number of carbonyl (C=O) groups is 2. The van der Waals surface area contributed by atoms with E-state index in [-0.39, 0.29) is 23.4 Å². The Bertz CT molecular complexity index is 1360. The van der Waals surface area contributed by atoms with Crippen LogP contribution >= 0.6 is 15.9 Å². The van der Waals surface area contributed by atoms with E-state index in [9.17, 15) is 18.0 Å². The minimum Gasteiger partial charge on any atom is -0.352 e. The number of aryl methyl sites for hydroxylation is 1. The van der Waals surface area contributed by atoms with Crippen LogP contribution in [0.3, 0.4) is 0 Å². The maximum atomic E-state index is 14.0. The summed E-state index contributed by atoms with van der Waals surface area (Å²) in [4.78, 5) is 28.7. The molecule has 0 aliphatic heterocycles. The van der Waals surface area contributed by atoms with Gasteiger partial charge in [0.25, 0.3) is 10.0 Å². The quantitative estimate of drug-likeness (QED) is 0.299. The van der Waals surface area contributed by atoms with Crippen molar-refractivity contribution in [3.05, 3.63) is 94.5 Å². The van der Waals surface area contributed by atoms with E-state index in [2.05, 4.69) is 21.2 Å². The van der Waals surface area contributed by atoms with Crippen molar-refractivity contribution >= 4 is 43.5 Å². The highest BCUT2D eigenvalue weighted by Gasteiger charge is 2.33. The number of nitrogens with one attached hydrogen (secondary N) is 1. The van der Waals surface area contributed by atoms with E-state index in [1.54, 1.807) is 36.4 Å². The summed E-state index contributed by atoms with van der Waals surface area (Å²) >= 11 is 3.42. The molecule has 7 nitrogen and oxygen atoms in total. The average molecular weight is 615 g/mol. The largest absolute Gasteiger partial charge is 0.352 e. The van der Waals surface area contributed by atoms with Crippen LogP contribution in [-0.2, 0) is 26.0 Å². The van der Waals surface area contributed by atoms with Gasteiger partial charge in [0.15, 0.2) is 0 Å². The number of amides is 2. The molecule has 0 aliphatic rings. The van der Waals surface area contributed by atoms with Crippen LogP contribution in [0.4, 0.5) is 5.69 Å². The fourth-order valence-corrected chi connectivity index (χ4v) is 6.07. The van der Waals surface area contributed by atoms with Gasteiger partial charge in [0.05, 0.1) is 10.6 Å². The summed E-state index contributed by atoms with van der Waals surface area (Å²) in [6.45, 7) is 7.27. The molecular formula is C30H36BrN3O4S. The highest BCUT2D eigenvalue weighted by atomic mass is 79.9. The van der Waals surface area contributed by atoms with Crippen LogP contribution in [-0.4, -0.2) is 50.3 Å². The van der Waals surface area contributed by atoms with Gasteiger partial charge in [0.1, 0.15) is 12.6 Å². The maximum absolute atomic E-state index is 14.0. The second-order valence-electron chi connectivity index (χ2n) is 9.71. The minimum atomic E-state index is -4.09. The molecule has 3 aromatic rings. The van der Waals surface area contributed by atoms with E-state index >= 15 is 0 Å². The van der Waals surface area contributed by atoms with Crippen molar-refractivity contribution in [1.82, 2.24) is 10.2 Å². The smallest absolute Gasteiger partial charge is 0.264 e. The van der Waals surface area contributed by atoms with Crippen molar-refractivity contribution in [2.24, 2.45) is 0 Å². The van der Waals surface area contributed by atoms with E-state index in [0.717, 1.165) is 15.4 Å². The molecule has 0 aliphatic carbocycles. The van der Waals surface area contributed by atoms with Crippen LogP contribution in [0.15, 0.2) is 88.2 Å². The van der Waals surface area contributed by atoms with E-state index < -0.39 is 28.5 Å². The Labute approximate surface area is 240 Å². The molecule has 208 valence electrons. The molecule has 0 radical (unpaired) electrons. The van der Waals surface area contributed by atoms with Gasteiger partial charge in [0.2, 0.25) is 11.8 Å². The Morgan fingerprint density at radius 1 is 0.949 bits per heavy atom. The van der Waals surface area contributed by atoms with Gasteiger partial charge >= 0.3 is 0 Å². The lowest BCUT2D eigenvalue weighted by Gasteiger charge is -2.33. The molecule has 0 spiro atoms. The van der Waals surface area contributed by atoms with Crippen molar-refractivity contribution < 1.29 is 18.0 Å². The molecule has 1 atom stereocenters. The lowest BCUT2D eigenvalue weighted by atomic mass is 10.1. The molecule has 0 saturated carbocycles. The van der Waals surface area contributed by atoms with Crippen LogP contribution in [0.25, 0.3) is 0 Å². The molecule has 0 saturated heterocycles. The number of hydrogen-bond donors (Lipinski definition) is 1. The molecule has 1 N–H and O–H groups in total. The summed E-state index contributed by atoms with van der Waals surface area (Å²) < 4.78 is 29.5. The number of sulfonamides is 1. The van der Waals surface area contributed by atoms with Gasteiger partial charge in [-0.1, -0.05) is 76.9 Å². The summed E-state index contributed by atoms with van der Waals surface area (Å²) in [5, 5.41) is 2.91. The molecule has 9 heteroatoms. The van der Waals surface area contributed by atoms with Gasteiger partial charge in [-0.3, -0.25) is 13.9 Å². The van der Waals surface area contributed by atoms with Gasteiger partial charge in [-0.25, -0.2) is 8.42 Å². The topological polar surface area (TPSA) is 86.8 Å². The van der Waals surface area contributed by atoms with Crippen LogP contribution < -0.4 is 9.62 Å². The molecule has 0 aromatic heterocycles. The molecular weight excluding hydrogens is 578 g/mol. The SMILES string of the molecule is CC[C@@H](C(=O)NC(C)C)N(CCc1ccccc1)C(=O)CN(c1cccc(Br)c1)S(=O)(=O)c1ccc(C)cc1. The number of nitrogens with zero attached hydrogens (tertiary/aromatic N) is 2. The predicted molar refractivity (Wildman–Crippen MR) is 159 cm³/mol. The normalized spacial score (nSPS) is 12.2. The number of halogens is 1. The van der Waals surface area contributed by atoms with Crippen LogP contribution in [0, 0.1) is 6.92 Å². The second kappa shape index (κ2) is 13.8. The summed E-state index contributed by atoms with van der Waals surface area (Å²) in [6.07, 6.45) is 0.917. The molecule has 0 fully saturated rings. The summed E-state index contributed by atoms with van der Waals surface area (Å²) in [5.74, 6) is -0.711. The molecule has 0 unspecified atom stereocenters. The summed E-state index contributed by atoms with van der Waals surface area (Å²) in [7, 11) is -4.09. The van der Waals surface area contributed by atoms with Crippen molar-refractivity contribution in [3.8, 4) is 0 Å². The molecule has 0 bridgehead atoms. The van der Waals surface area contributed by atoms with E-state index in [4.69, 9.17) is 0 Å². The van der Waals surface area contributed by atoms with Gasteiger partial charge in [0, 0.05) is 17.1 Å². The minimum absolute atomic E-state index is 0.0845. The van der Waals surface area contributed by atoms with E-state index in [0.29, 0.717) is 23.0 Å².